The Balaban J connectivity index is 2.15. The van der Waals surface area contributed by atoms with Crippen molar-refractivity contribution in [2.75, 3.05) is 13.2 Å². The molecule has 6 nitrogen and oxygen atoms in total. The molecule has 0 aliphatic carbocycles. The van der Waals surface area contributed by atoms with Gasteiger partial charge in [-0.1, -0.05) is 24.3 Å². The Kier molecular flexibility index (Phi) is 7.31. The SMILES string of the molecule is CC(C)(C)OC(=O)NCCOc1cc(-c2cccc(C=O)c2)ccc1OC(F)(F)F. The number of benzene rings is 2. The maximum atomic E-state index is 12.7. The molecular formula is C21H22F3NO5. The Labute approximate surface area is 171 Å². The second kappa shape index (κ2) is 9.51. The van der Waals surface area contributed by atoms with Crippen molar-refractivity contribution in [1.82, 2.24) is 5.32 Å². The highest BCUT2D eigenvalue weighted by Crippen LogP contribution is 2.36. The minimum absolute atomic E-state index is 0.00518. The van der Waals surface area contributed by atoms with E-state index in [0.717, 1.165) is 6.07 Å². The van der Waals surface area contributed by atoms with Crippen LogP contribution in [0.3, 0.4) is 0 Å². The van der Waals surface area contributed by atoms with Gasteiger partial charge in [-0.05, 0) is 50.1 Å². The van der Waals surface area contributed by atoms with Gasteiger partial charge in [0, 0.05) is 5.56 Å². The molecule has 0 saturated heterocycles. The normalized spacial score (nSPS) is 11.5. The Morgan fingerprint density at radius 1 is 1.03 bits per heavy atom. The summed E-state index contributed by atoms with van der Waals surface area (Å²) in [7, 11) is 0. The van der Waals surface area contributed by atoms with Gasteiger partial charge in [0.25, 0.3) is 0 Å². The van der Waals surface area contributed by atoms with Gasteiger partial charge in [0.05, 0.1) is 6.54 Å². The number of alkyl carbamates (subject to hydrolysis) is 1. The summed E-state index contributed by atoms with van der Waals surface area (Å²) in [5.74, 6) is -0.678. The van der Waals surface area contributed by atoms with Gasteiger partial charge in [-0.3, -0.25) is 4.79 Å². The van der Waals surface area contributed by atoms with E-state index in [9.17, 15) is 22.8 Å². The lowest BCUT2D eigenvalue weighted by molar-refractivity contribution is -0.275. The summed E-state index contributed by atoms with van der Waals surface area (Å²) in [5.41, 5.74) is 0.897. The first kappa shape index (κ1) is 23.1. The highest BCUT2D eigenvalue weighted by Gasteiger charge is 2.32. The number of amides is 1. The van der Waals surface area contributed by atoms with Gasteiger partial charge in [-0.15, -0.1) is 13.2 Å². The van der Waals surface area contributed by atoms with Crippen LogP contribution in [0, 0.1) is 0 Å². The van der Waals surface area contributed by atoms with Gasteiger partial charge in [0.2, 0.25) is 0 Å². The van der Waals surface area contributed by atoms with E-state index in [4.69, 9.17) is 9.47 Å². The quantitative estimate of drug-likeness (QED) is 0.501. The predicted molar refractivity (Wildman–Crippen MR) is 104 cm³/mol. The molecule has 0 radical (unpaired) electrons. The average molecular weight is 425 g/mol. The molecule has 0 aliphatic heterocycles. The monoisotopic (exact) mass is 425 g/mol. The van der Waals surface area contributed by atoms with Crippen molar-refractivity contribution < 1.29 is 37.0 Å². The molecule has 0 unspecified atom stereocenters. The molecule has 0 atom stereocenters. The number of hydrogen-bond acceptors (Lipinski definition) is 5. The van der Waals surface area contributed by atoms with Crippen LogP contribution in [0.25, 0.3) is 11.1 Å². The summed E-state index contributed by atoms with van der Waals surface area (Å²) >= 11 is 0. The van der Waals surface area contributed by atoms with E-state index in [1.807, 2.05) is 0 Å². The molecule has 1 amide bonds. The molecule has 2 aromatic rings. The zero-order chi connectivity index (χ0) is 22.4. The Morgan fingerprint density at radius 3 is 2.37 bits per heavy atom. The van der Waals surface area contributed by atoms with Crippen LogP contribution < -0.4 is 14.8 Å². The van der Waals surface area contributed by atoms with Crippen molar-refractivity contribution >= 4 is 12.4 Å². The van der Waals surface area contributed by atoms with E-state index in [2.05, 4.69) is 10.1 Å². The fourth-order valence-electron chi connectivity index (χ4n) is 2.43. The molecule has 0 bridgehead atoms. The minimum Gasteiger partial charge on any atom is -0.488 e. The Morgan fingerprint density at radius 2 is 1.73 bits per heavy atom. The standard InChI is InChI=1S/C21H22F3NO5/c1-20(2,3)30-19(27)25-9-10-28-18-12-16(7-8-17(18)29-21(22,23)24)15-6-4-5-14(11-15)13-26/h4-8,11-13H,9-10H2,1-3H3,(H,25,27). The summed E-state index contributed by atoms with van der Waals surface area (Å²) in [4.78, 5) is 22.6. The van der Waals surface area contributed by atoms with Crippen molar-refractivity contribution in [2.45, 2.75) is 32.7 Å². The van der Waals surface area contributed by atoms with E-state index < -0.39 is 23.8 Å². The second-order valence-electron chi connectivity index (χ2n) is 7.23. The Hall–Kier alpha value is -3.23. The van der Waals surface area contributed by atoms with E-state index in [1.54, 1.807) is 45.0 Å². The zero-order valence-electron chi connectivity index (χ0n) is 16.7. The number of halogens is 3. The summed E-state index contributed by atoms with van der Waals surface area (Å²) < 4.78 is 52.6. The van der Waals surface area contributed by atoms with Crippen molar-refractivity contribution in [3.8, 4) is 22.6 Å². The fraction of sp³-hybridized carbons (Fsp3) is 0.333. The number of aldehydes is 1. The van der Waals surface area contributed by atoms with Crippen molar-refractivity contribution in [1.29, 1.82) is 0 Å². The maximum absolute atomic E-state index is 12.7. The van der Waals surface area contributed by atoms with Crippen molar-refractivity contribution in [2.24, 2.45) is 0 Å². The van der Waals surface area contributed by atoms with Gasteiger partial charge in [-0.25, -0.2) is 4.79 Å². The zero-order valence-corrected chi connectivity index (χ0v) is 16.7. The first-order valence-electron chi connectivity index (χ1n) is 9.02. The van der Waals surface area contributed by atoms with Gasteiger partial charge < -0.3 is 19.5 Å². The van der Waals surface area contributed by atoms with E-state index in [1.165, 1.54) is 12.1 Å². The molecule has 30 heavy (non-hydrogen) atoms. The third-order valence-corrected chi connectivity index (χ3v) is 3.55. The molecule has 0 heterocycles. The number of rotatable bonds is 7. The summed E-state index contributed by atoms with van der Waals surface area (Å²) in [6, 6.07) is 10.5. The first-order chi connectivity index (χ1) is 14.0. The molecule has 0 saturated carbocycles. The molecule has 2 rings (SSSR count). The molecule has 0 aliphatic rings. The third-order valence-electron chi connectivity index (χ3n) is 3.55. The van der Waals surface area contributed by atoms with E-state index in [0.29, 0.717) is 23.0 Å². The van der Waals surface area contributed by atoms with Crippen molar-refractivity contribution in [3.63, 3.8) is 0 Å². The minimum atomic E-state index is -4.90. The van der Waals surface area contributed by atoms with Crippen LogP contribution in [-0.2, 0) is 4.74 Å². The second-order valence-corrected chi connectivity index (χ2v) is 7.23. The number of hydrogen-bond donors (Lipinski definition) is 1. The molecule has 0 aromatic heterocycles. The lowest BCUT2D eigenvalue weighted by Gasteiger charge is -2.20. The van der Waals surface area contributed by atoms with Crippen LogP contribution >= 0.6 is 0 Å². The lowest BCUT2D eigenvalue weighted by Crippen LogP contribution is -2.34. The number of nitrogens with one attached hydrogen (secondary N) is 1. The first-order valence-corrected chi connectivity index (χ1v) is 9.02. The number of carbonyl (C=O) groups is 2. The molecule has 1 N–H and O–H groups in total. The number of ether oxygens (including phenoxy) is 3. The van der Waals surface area contributed by atoms with Crippen LogP contribution in [0.2, 0.25) is 0 Å². The third kappa shape index (κ3) is 7.65. The van der Waals surface area contributed by atoms with Crippen LogP contribution in [0.4, 0.5) is 18.0 Å². The van der Waals surface area contributed by atoms with Crippen LogP contribution in [0.1, 0.15) is 31.1 Å². The van der Waals surface area contributed by atoms with Crippen LogP contribution in [0.5, 0.6) is 11.5 Å². The van der Waals surface area contributed by atoms with Gasteiger partial charge in [0.1, 0.15) is 18.5 Å². The number of carbonyl (C=O) groups excluding carboxylic acids is 2. The van der Waals surface area contributed by atoms with E-state index >= 15 is 0 Å². The molecule has 162 valence electrons. The predicted octanol–water partition coefficient (Wildman–Crippen LogP) is 4.97. The molecule has 0 spiro atoms. The van der Waals surface area contributed by atoms with Gasteiger partial charge in [-0.2, -0.15) is 0 Å². The maximum Gasteiger partial charge on any atom is 0.573 e. The van der Waals surface area contributed by atoms with Crippen LogP contribution in [-0.4, -0.2) is 37.5 Å². The van der Waals surface area contributed by atoms with Gasteiger partial charge >= 0.3 is 12.5 Å². The molecular weight excluding hydrogens is 403 g/mol. The lowest BCUT2D eigenvalue weighted by atomic mass is 10.0. The molecule has 0 fully saturated rings. The summed E-state index contributed by atoms with van der Waals surface area (Å²) in [5, 5.41) is 2.45. The Bertz CT molecular complexity index is 891. The van der Waals surface area contributed by atoms with Crippen LogP contribution in [0.15, 0.2) is 42.5 Å². The van der Waals surface area contributed by atoms with Gasteiger partial charge in [0.15, 0.2) is 11.5 Å². The average Bonchev–Trinajstić information content (AvgIpc) is 2.63. The smallest absolute Gasteiger partial charge is 0.488 e. The van der Waals surface area contributed by atoms with E-state index in [-0.39, 0.29) is 18.9 Å². The molecule has 9 heteroatoms. The highest BCUT2D eigenvalue weighted by molar-refractivity contribution is 5.79. The highest BCUT2D eigenvalue weighted by atomic mass is 19.4. The fourth-order valence-corrected chi connectivity index (χ4v) is 2.43. The molecule has 2 aromatic carbocycles. The number of alkyl halides is 3. The summed E-state index contributed by atoms with van der Waals surface area (Å²) in [6.45, 7) is 5.00. The van der Waals surface area contributed by atoms with Crippen molar-refractivity contribution in [3.05, 3.63) is 48.0 Å². The topological polar surface area (TPSA) is 73.9 Å². The largest absolute Gasteiger partial charge is 0.573 e. The summed E-state index contributed by atoms with van der Waals surface area (Å²) in [6.07, 6.45) is -4.90.